The van der Waals surface area contributed by atoms with Crippen molar-refractivity contribution in [1.82, 2.24) is 0 Å². The SMILES string of the molecule is N#CCS(=O)(=O)c1ccccc1C(=O)O. The summed E-state index contributed by atoms with van der Waals surface area (Å²) in [6.45, 7) is 0. The fourth-order valence-electron chi connectivity index (χ4n) is 1.08. The number of nitriles is 1. The topological polar surface area (TPSA) is 95.2 Å². The van der Waals surface area contributed by atoms with E-state index in [-0.39, 0.29) is 10.5 Å². The molecule has 0 aromatic heterocycles. The molecule has 0 fully saturated rings. The van der Waals surface area contributed by atoms with Gasteiger partial charge >= 0.3 is 5.97 Å². The number of carboxylic acids is 1. The Morgan fingerprint density at radius 1 is 1.40 bits per heavy atom. The molecule has 1 aromatic carbocycles. The van der Waals surface area contributed by atoms with Gasteiger partial charge in [-0.2, -0.15) is 5.26 Å². The van der Waals surface area contributed by atoms with Crippen LogP contribution in [0.2, 0.25) is 0 Å². The van der Waals surface area contributed by atoms with Crippen molar-refractivity contribution in [1.29, 1.82) is 5.26 Å². The quantitative estimate of drug-likeness (QED) is 0.816. The maximum absolute atomic E-state index is 11.5. The molecule has 0 amide bonds. The lowest BCUT2D eigenvalue weighted by atomic mass is 10.2. The van der Waals surface area contributed by atoms with Crippen molar-refractivity contribution in [2.45, 2.75) is 4.90 Å². The molecule has 0 aliphatic rings. The van der Waals surface area contributed by atoms with Gasteiger partial charge in [-0.1, -0.05) is 12.1 Å². The van der Waals surface area contributed by atoms with Crippen LogP contribution in [0.25, 0.3) is 0 Å². The highest BCUT2D eigenvalue weighted by molar-refractivity contribution is 7.91. The third-order valence-electron chi connectivity index (χ3n) is 1.71. The van der Waals surface area contributed by atoms with Gasteiger partial charge in [0.15, 0.2) is 9.84 Å². The Bertz CT molecular complexity index is 527. The lowest BCUT2D eigenvalue weighted by molar-refractivity contribution is 0.0692. The Kier molecular flexibility index (Phi) is 3.07. The van der Waals surface area contributed by atoms with E-state index < -0.39 is 21.6 Å². The molecule has 0 spiro atoms. The summed E-state index contributed by atoms with van der Waals surface area (Å²) in [7, 11) is -3.83. The molecule has 6 heteroatoms. The molecule has 0 aliphatic carbocycles. The standard InChI is InChI=1S/C9H7NO4S/c10-5-6-15(13,14)8-4-2-1-3-7(8)9(11)12/h1-4H,6H2,(H,11,12). The van der Waals surface area contributed by atoms with Gasteiger partial charge in [0.2, 0.25) is 0 Å². The third kappa shape index (κ3) is 2.33. The highest BCUT2D eigenvalue weighted by Crippen LogP contribution is 2.16. The second-order valence-corrected chi connectivity index (χ2v) is 4.68. The Morgan fingerprint density at radius 2 is 2.00 bits per heavy atom. The molecule has 1 aromatic rings. The van der Waals surface area contributed by atoms with Crippen LogP contribution in [-0.2, 0) is 9.84 Å². The number of benzene rings is 1. The summed E-state index contributed by atoms with van der Waals surface area (Å²) in [6, 6.07) is 6.69. The van der Waals surface area contributed by atoms with Gasteiger partial charge in [0.1, 0.15) is 5.75 Å². The number of carboxylic acid groups (broad SMARTS) is 1. The van der Waals surface area contributed by atoms with E-state index in [9.17, 15) is 13.2 Å². The Balaban J connectivity index is 3.39. The van der Waals surface area contributed by atoms with Crippen molar-refractivity contribution in [2.75, 3.05) is 5.75 Å². The highest BCUT2D eigenvalue weighted by atomic mass is 32.2. The molecule has 0 radical (unpaired) electrons. The maximum atomic E-state index is 11.5. The summed E-state index contributed by atoms with van der Waals surface area (Å²) in [4.78, 5) is 10.4. The van der Waals surface area contributed by atoms with E-state index in [4.69, 9.17) is 10.4 Å². The number of aromatic carboxylic acids is 1. The zero-order chi connectivity index (χ0) is 11.5. The lowest BCUT2D eigenvalue weighted by Crippen LogP contribution is -2.11. The van der Waals surface area contributed by atoms with Gasteiger partial charge in [-0.3, -0.25) is 0 Å². The van der Waals surface area contributed by atoms with Crippen LogP contribution in [0.5, 0.6) is 0 Å². The molecular weight excluding hydrogens is 218 g/mol. The van der Waals surface area contributed by atoms with Gasteiger partial charge in [0, 0.05) is 0 Å². The summed E-state index contributed by atoms with van der Waals surface area (Å²) in [5.74, 6) is -2.05. The van der Waals surface area contributed by atoms with E-state index in [0.29, 0.717) is 0 Å². The van der Waals surface area contributed by atoms with Crippen molar-refractivity contribution >= 4 is 15.8 Å². The lowest BCUT2D eigenvalue weighted by Gasteiger charge is -2.03. The van der Waals surface area contributed by atoms with E-state index in [0.717, 1.165) is 0 Å². The minimum absolute atomic E-state index is 0.312. The summed E-state index contributed by atoms with van der Waals surface area (Å²) in [5, 5.41) is 17.1. The summed E-state index contributed by atoms with van der Waals surface area (Å²) in [5.41, 5.74) is -0.312. The first-order chi connectivity index (χ1) is 6.99. The molecule has 0 bridgehead atoms. The van der Waals surface area contributed by atoms with E-state index in [2.05, 4.69) is 0 Å². The molecule has 0 saturated heterocycles. The first-order valence-electron chi connectivity index (χ1n) is 3.91. The molecule has 0 aliphatic heterocycles. The average molecular weight is 225 g/mol. The van der Waals surface area contributed by atoms with E-state index >= 15 is 0 Å². The Morgan fingerprint density at radius 3 is 2.53 bits per heavy atom. The molecule has 0 saturated carbocycles. The van der Waals surface area contributed by atoms with Crippen LogP contribution in [-0.4, -0.2) is 25.2 Å². The summed E-state index contributed by atoms with van der Waals surface area (Å²) < 4.78 is 22.9. The predicted octanol–water partition coefficient (Wildman–Crippen LogP) is 0.682. The molecule has 0 unspecified atom stereocenters. The van der Waals surface area contributed by atoms with E-state index in [1.54, 1.807) is 0 Å². The highest BCUT2D eigenvalue weighted by Gasteiger charge is 2.21. The molecule has 78 valence electrons. The molecule has 1 rings (SSSR count). The molecule has 0 atom stereocenters. The minimum atomic E-state index is -3.83. The van der Waals surface area contributed by atoms with Crippen molar-refractivity contribution in [3.8, 4) is 6.07 Å². The number of nitrogens with zero attached hydrogens (tertiary/aromatic N) is 1. The molecule has 0 heterocycles. The van der Waals surface area contributed by atoms with E-state index in [1.807, 2.05) is 0 Å². The van der Waals surface area contributed by atoms with Gasteiger partial charge in [-0.25, -0.2) is 13.2 Å². The monoisotopic (exact) mass is 225 g/mol. The number of rotatable bonds is 3. The first-order valence-corrected chi connectivity index (χ1v) is 5.56. The molecule has 15 heavy (non-hydrogen) atoms. The number of hydrogen-bond donors (Lipinski definition) is 1. The number of sulfone groups is 1. The Labute approximate surface area is 86.5 Å². The van der Waals surface area contributed by atoms with Crippen LogP contribution in [0.15, 0.2) is 29.2 Å². The van der Waals surface area contributed by atoms with Crippen molar-refractivity contribution < 1.29 is 18.3 Å². The van der Waals surface area contributed by atoms with Gasteiger partial charge in [-0.15, -0.1) is 0 Å². The molecule has 1 N–H and O–H groups in total. The van der Waals surface area contributed by atoms with Crippen LogP contribution in [0.4, 0.5) is 0 Å². The summed E-state index contributed by atoms with van der Waals surface area (Å²) >= 11 is 0. The largest absolute Gasteiger partial charge is 0.478 e. The second kappa shape index (κ2) is 4.11. The minimum Gasteiger partial charge on any atom is -0.478 e. The van der Waals surface area contributed by atoms with Crippen molar-refractivity contribution in [2.24, 2.45) is 0 Å². The van der Waals surface area contributed by atoms with Crippen LogP contribution < -0.4 is 0 Å². The smallest absolute Gasteiger partial charge is 0.337 e. The zero-order valence-electron chi connectivity index (χ0n) is 7.54. The predicted molar refractivity (Wildman–Crippen MR) is 51.1 cm³/mol. The molecule has 5 nitrogen and oxygen atoms in total. The van der Waals surface area contributed by atoms with Crippen LogP contribution in [0.1, 0.15) is 10.4 Å². The van der Waals surface area contributed by atoms with Gasteiger partial charge < -0.3 is 5.11 Å². The second-order valence-electron chi connectivity index (χ2n) is 2.72. The summed E-state index contributed by atoms with van der Waals surface area (Å²) in [6.07, 6.45) is 0. The molecular formula is C9H7NO4S. The van der Waals surface area contributed by atoms with Crippen molar-refractivity contribution in [3.63, 3.8) is 0 Å². The number of hydrogen-bond acceptors (Lipinski definition) is 4. The number of carbonyl (C=O) groups is 1. The van der Waals surface area contributed by atoms with Crippen LogP contribution in [0.3, 0.4) is 0 Å². The zero-order valence-corrected chi connectivity index (χ0v) is 8.36. The first kappa shape index (κ1) is 11.2. The average Bonchev–Trinajstić information content (AvgIpc) is 2.17. The Hall–Kier alpha value is -1.87. The fraction of sp³-hybridized carbons (Fsp3) is 0.111. The van der Waals surface area contributed by atoms with Gasteiger partial charge in [0.05, 0.1) is 16.5 Å². The van der Waals surface area contributed by atoms with Gasteiger partial charge in [-0.05, 0) is 12.1 Å². The van der Waals surface area contributed by atoms with Crippen LogP contribution >= 0.6 is 0 Å². The van der Waals surface area contributed by atoms with Gasteiger partial charge in [0.25, 0.3) is 0 Å². The normalized spacial score (nSPS) is 10.6. The van der Waals surface area contributed by atoms with Crippen LogP contribution in [0, 0.1) is 11.3 Å². The van der Waals surface area contributed by atoms with E-state index in [1.165, 1.54) is 30.3 Å². The van der Waals surface area contributed by atoms with Crippen molar-refractivity contribution in [3.05, 3.63) is 29.8 Å². The third-order valence-corrected chi connectivity index (χ3v) is 3.24. The maximum Gasteiger partial charge on any atom is 0.337 e. The fourth-order valence-corrected chi connectivity index (χ4v) is 2.18.